The van der Waals surface area contributed by atoms with Crippen molar-refractivity contribution in [3.8, 4) is 11.5 Å². The Balaban J connectivity index is 2.49. The lowest BCUT2D eigenvalue weighted by atomic mass is 10.1. The molecule has 6 heteroatoms. The third-order valence-electron chi connectivity index (χ3n) is 2.71. The maximum atomic E-state index is 11.5. The van der Waals surface area contributed by atoms with Crippen molar-refractivity contribution in [2.24, 2.45) is 0 Å². The summed E-state index contributed by atoms with van der Waals surface area (Å²) in [4.78, 5) is 22.4. The lowest BCUT2D eigenvalue weighted by Gasteiger charge is -2.09. The average Bonchev–Trinajstić information content (AvgIpc) is 2.49. The fourth-order valence-electron chi connectivity index (χ4n) is 1.57. The largest absolute Gasteiger partial charge is 0.493 e. The minimum Gasteiger partial charge on any atom is -0.493 e. The predicted molar refractivity (Wildman–Crippen MR) is 72.9 cm³/mol. The SMILES string of the molecule is CNC(=O)COC(=O)CCc1ccc(OC)c(OC)c1. The van der Waals surface area contributed by atoms with Gasteiger partial charge in [0.2, 0.25) is 0 Å². The third-order valence-corrected chi connectivity index (χ3v) is 2.71. The Hall–Kier alpha value is -2.24. The Labute approximate surface area is 118 Å². The van der Waals surface area contributed by atoms with Crippen LogP contribution in [0, 0.1) is 0 Å². The van der Waals surface area contributed by atoms with Gasteiger partial charge in [0.05, 0.1) is 14.2 Å². The minimum absolute atomic E-state index is 0.201. The van der Waals surface area contributed by atoms with Crippen molar-refractivity contribution >= 4 is 11.9 Å². The van der Waals surface area contributed by atoms with Crippen molar-refractivity contribution in [3.63, 3.8) is 0 Å². The van der Waals surface area contributed by atoms with Crippen molar-refractivity contribution in [2.75, 3.05) is 27.9 Å². The quantitative estimate of drug-likeness (QED) is 0.752. The van der Waals surface area contributed by atoms with Crippen molar-refractivity contribution in [3.05, 3.63) is 23.8 Å². The van der Waals surface area contributed by atoms with Crippen LogP contribution < -0.4 is 14.8 Å². The number of amides is 1. The number of benzene rings is 1. The van der Waals surface area contributed by atoms with Crippen LogP contribution in [-0.4, -0.2) is 39.8 Å². The molecule has 0 heterocycles. The molecule has 1 N–H and O–H groups in total. The molecule has 0 radical (unpaired) electrons. The van der Waals surface area contributed by atoms with Crippen LogP contribution in [0.1, 0.15) is 12.0 Å². The molecule has 0 aliphatic carbocycles. The maximum Gasteiger partial charge on any atom is 0.306 e. The van der Waals surface area contributed by atoms with Gasteiger partial charge in [-0.05, 0) is 24.1 Å². The zero-order chi connectivity index (χ0) is 15.0. The lowest BCUT2D eigenvalue weighted by molar-refractivity contribution is -0.148. The van der Waals surface area contributed by atoms with Crippen molar-refractivity contribution in [1.82, 2.24) is 5.32 Å². The number of carbonyl (C=O) groups excluding carboxylic acids is 2. The highest BCUT2D eigenvalue weighted by Crippen LogP contribution is 2.27. The molecule has 0 unspecified atom stereocenters. The van der Waals surface area contributed by atoms with Gasteiger partial charge in [0.25, 0.3) is 5.91 Å². The molecule has 0 aliphatic heterocycles. The number of aryl methyl sites for hydroxylation is 1. The van der Waals surface area contributed by atoms with Gasteiger partial charge < -0.3 is 19.5 Å². The Kier molecular flexibility index (Phi) is 6.36. The van der Waals surface area contributed by atoms with Gasteiger partial charge in [0, 0.05) is 13.5 Å². The van der Waals surface area contributed by atoms with Gasteiger partial charge in [-0.25, -0.2) is 0 Å². The fourth-order valence-corrected chi connectivity index (χ4v) is 1.57. The van der Waals surface area contributed by atoms with Gasteiger partial charge in [-0.15, -0.1) is 0 Å². The zero-order valence-corrected chi connectivity index (χ0v) is 11.9. The molecule has 0 atom stereocenters. The maximum absolute atomic E-state index is 11.5. The van der Waals surface area contributed by atoms with E-state index in [0.29, 0.717) is 17.9 Å². The first-order valence-electron chi connectivity index (χ1n) is 6.17. The van der Waals surface area contributed by atoms with Crippen molar-refractivity contribution in [2.45, 2.75) is 12.8 Å². The molecular formula is C14H19NO5. The van der Waals surface area contributed by atoms with Crippen LogP contribution in [0.4, 0.5) is 0 Å². The molecule has 0 saturated carbocycles. The van der Waals surface area contributed by atoms with E-state index >= 15 is 0 Å². The summed E-state index contributed by atoms with van der Waals surface area (Å²) in [5.74, 6) is 0.509. The van der Waals surface area contributed by atoms with Crippen LogP contribution in [0.15, 0.2) is 18.2 Å². The molecule has 0 bridgehead atoms. The summed E-state index contributed by atoms with van der Waals surface area (Å²) in [6.07, 6.45) is 0.708. The van der Waals surface area contributed by atoms with E-state index < -0.39 is 5.97 Å². The van der Waals surface area contributed by atoms with Crippen molar-refractivity contribution < 1.29 is 23.8 Å². The highest BCUT2D eigenvalue weighted by Gasteiger charge is 2.09. The second-order valence-corrected chi connectivity index (χ2v) is 4.02. The Morgan fingerprint density at radius 2 is 1.85 bits per heavy atom. The van der Waals surface area contributed by atoms with Gasteiger partial charge >= 0.3 is 5.97 Å². The number of carbonyl (C=O) groups is 2. The van der Waals surface area contributed by atoms with E-state index in [4.69, 9.17) is 14.2 Å². The topological polar surface area (TPSA) is 73.9 Å². The number of methoxy groups -OCH3 is 2. The van der Waals surface area contributed by atoms with Gasteiger partial charge in [-0.3, -0.25) is 9.59 Å². The van der Waals surface area contributed by atoms with E-state index in [1.807, 2.05) is 12.1 Å². The number of nitrogens with one attached hydrogen (secondary N) is 1. The average molecular weight is 281 g/mol. The second kappa shape index (κ2) is 8.04. The second-order valence-electron chi connectivity index (χ2n) is 4.02. The van der Waals surface area contributed by atoms with Crippen LogP contribution in [-0.2, 0) is 20.7 Å². The Morgan fingerprint density at radius 1 is 1.15 bits per heavy atom. The smallest absolute Gasteiger partial charge is 0.306 e. The lowest BCUT2D eigenvalue weighted by Crippen LogP contribution is -2.25. The molecule has 6 nitrogen and oxygen atoms in total. The molecule has 0 saturated heterocycles. The fraction of sp³-hybridized carbons (Fsp3) is 0.429. The van der Waals surface area contributed by atoms with E-state index in [0.717, 1.165) is 5.56 Å². The number of esters is 1. The molecule has 1 aromatic carbocycles. The summed E-state index contributed by atoms with van der Waals surface area (Å²) in [6, 6.07) is 5.45. The van der Waals surface area contributed by atoms with Gasteiger partial charge in [-0.2, -0.15) is 0 Å². The normalized spacial score (nSPS) is 9.75. The van der Waals surface area contributed by atoms with Crippen LogP contribution in [0.25, 0.3) is 0 Å². The van der Waals surface area contributed by atoms with Crippen LogP contribution >= 0.6 is 0 Å². The molecule has 110 valence electrons. The predicted octanol–water partition coefficient (Wildman–Crippen LogP) is 0.926. The molecule has 1 rings (SSSR count). The van der Waals surface area contributed by atoms with E-state index in [1.54, 1.807) is 20.3 Å². The van der Waals surface area contributed by atoms with E-state index in [-0.39, 0.29) is 18.9 Å². The summed E-state index contributed by atoms with van der Waals surface area (Å²) in [5.41, 5.74) is 0.930. The molecule has 0 aliphatic rings. The van der Waals surface area contributed by atoms with Gasteiger partial charge in [0.15, 0.2) is 18.1 Å². The highest BCUT2D eigenvalue weighted by atomic mass is 16.5. The first-order valence-corrected chi connectivity index (χ1v) is 6.17. The summed E-state index contributed by atoms with van der Waals surface area (Å²) in [5, 5.41) is 2.38. The first-order chi connectivity index (χ1) is 9.60. The van der Waals surface area contributed by atoms with E-state index in [2.05, 4.69) is 5.32 Å². The number of hydrogen-bond donors (Lipinski definition) is 1. The van der Waals surface area contributed by atoms with Crippen molar-refractivity contribution in [1.29, 1.82) is 0 Å². The summed E-state index contributed by atoms with van der Waals surface area (Å²) >= 11 is 0. The Bertz CT molecular complexity index is 473. The van der Waals surface area contributed by atoms with E-state index in [1.165, 1.54) is 7.05 Å². The van der Waals surface area contributed by atoms with Gasteiger partial charge in [-0.1, -0.05) is 6.07 Å². The zero-order valence-electron chi connectivity index (χ0n) is 11.9. The molecule has 0 fully saturated rings. The Morgan fingerprint density at radius 3 is 2.45 bits per heavy atom. The first kappa shape index (κ1) is 15.8. The molecule has 0 aromatic heterocycles. The molecule has 0 spiro atoms. The summed E-state index contributed by atoms with van der Waals surface area (Å²) in [6.45, 7) is -0.249. The number of rotatable bonds is 7. The third kappa shape index (κ3) is 4.79. The van der Waals surface area contributed by atoms with Crippen LogP contribution in [0.3, 0.4) is 0 Å². The summed E-state index contributed by atoms with van der Waals surface area (Å²) < 4.78 is 15.1. The minimum atomic E-state index is -0.414. The number of ether oxygens (including phenoxy) is 3. The molecule has 1 aromatic rings. The summed E-state index contributed by atoms with van der Waals surface area (Å²) in [7, 11) is 4.60. The highest BCUT2D eigenvalue weighted by molar-refractivity contribution is 5.80. The molecule has 20 heavy (non-hydrogen) atoms. The number of hydrogen-bond acceptors (Lipinski definition) is 5. The molecular weight excluding hydrogens is 262 g/mol. The molecule has 1 amide bonds. The van der Waals surface area contributed by atoms with E-state index in [9.17, 15) is 9.59 Å². The standard InChI is InChI=1S/C14H19NO5/c1-15-13(16)9-20-14(17)7-5-10-4-6-11(18-2)12(8-10)19-3/h4,6,8H,5,7,9H2,1-3H3,(H,15,16). The monoisotopic (exact) mass is 281 g/mol. The van der Waals surface area contributed by atoms with Crippen LogP contribution in [0.2, 0.25) is 0 Å². The van der Waals surface area contributed by atoms with Crippen LogP contribution in [0.5, 0.6) is 11.5 Å². The number of likely N-dealkylation sites (N-methyl/N-ethyl adjacent to an activating group) is 1. The van der Waals surface area contributed by atoms with Gasteiger partial charge in [0.1, 0.15) is 0 Å².